The largest absolute Gasteiger partial charge is 0.497 e. The van der Waals surface area contributed by atoms with Crippen molar-refractivity contribution >= 4 is 22.8 Å². The maximum absolute atomic E-state index is 7.95. The molecule has 0 saturated heterocycles. The highest BCUT2D eigenvalue weighted by Gasteiger charge is 2.22. The maximum Gasteiger partial charge on any atom is 0.138 e. The summed E-state index contributed by atoms with van der Waals surface area (Å²) in [5.41, 5.74) is 5.12. The molecule has 1 aliphatic heterocycles. The lowest BCUT2D eigenvalue weighted by atomic mass is 9.97. The number of nitrogens with one attached hydrogen (secondary N) is 2. The summed E-state index contributed by atoms with van der Waals surface area (Å²) in [7, 11) is 1.65. The lowest BCUT2D eigenvalue weighted by molar-refractivity contribution is 0.415. The van der Waals surface area contributed by atoms with Crippen LogP contribution in [0.3, 0.4) is 0 Å². The van der Waals surface area contributed by atoms with Crippen molar-refractivity contribution in [1.82, 2.24) is 4.98 Å². The molecule has 1 aliphatic carbocycles. The number of hydrogen-bond donors (Lipinski definition) is 2. The molecule has 1 aromatic heterocycles. The summed E-state index contributed by atoms with van der Waals surface area (Å²) >= 11 is 0. The monoisotopic (exact) mass is 316 g/mol. The zero-order valence-corrected chi connectivity index (χ0v) is 13.2. The van der Waals surface area contributed by atoms with Gasteiger partial charge in [0.1, 0.15) is 11.6 Å². The Morgan fingerprint density at radius 1 is 1.12 bits per heavy atom. The number of anilines is 1. The number of aromatic nitrogens is 1. The van der Waals surface area contributed by atoms with Crippen LogP contribution in [0.4, 0.5) is 5.69 Å². The number of aliphatic imine (C=N–C) groups is 1. The van der Waals surface area contributed by atoms with Gasteiger partial charge in [0.25, 0.3) is 0 Å². The van der Waals surface area contributed by atoms with Gasteiger partial charge in [0.05, 0.1) is 24.2 Å². The molecule has 0 spiro atoms. The molecule has 0 atom stereocenters. The van der Waals surface area contributed by atoms with E-state index in [0.29, 0.717) is 12.1 Å². The first kappa shape index (κ1) is 14.4. The fraction of sp³-hybridized carbons (Fsp3) is 0.105. The van der Waals surface area contributed by atoms with Crippen LogP contribution in [0.2, 0.25) is 0 Å². The highest BCUT2D eigenvalue weighted by Crippen LogP contribution is 2.34. The van der Waals surface area contributed by atoms with E-state index < -0.39 is 0 Å². The van der Waals surface area contributed by atoms with Crippen molar-refractivity contribution in [2.45, 2.75) is 6.42 Å². The number of allylic oxidation sites excluding steroid dienone is 3. The first-order chi connectivity index (χ1) is 11.7. The van der Waals surface area contributed by atoms with E-state index in [2.05, 4.69) is 10.3 Å². The average Bonchev–Trinajstić information content (AvgIpc) is 2.78. The molecular weight excluding hydrogens is 300 g/mol. The van der Waals surface area contributed by atoms with Crippen LogP contribution >= 0.6 is 0 Å². The number of methoxy groups -OCH3 is 1. The molecule has 2 N–H and O–H groups in total. The number of benzene rings is 1. The number of ether oxygens (including phenoxy) is 1. The van der Waals surface area contributed by atoms with E-state index in [4.69, 9.17) is 15.1 Å². The van der Waals surface area contributed by atoms with E-state index in [0.717, 1.165) is 39.8 Å². The molecule has 4 rings (SSSR count). The molecule has 1 aromatic carbocycles. The zero-order chi connectivity index (χ0) is 16.5. The highest BCUT2D eigenvalue weighted by molar-refractivity contribution is 6.13. The molecule has 5 nitrogen and oxygen atoms in total. The minimum Gasteiger partial charge on any atom is -0.497 e. The van der Waals surface area contributed by atoms with E-state index in [9.17, 15) is 0 Å². The summed E-state index contributed by atoms with van der Waals surface area (Å²) in [6.45, 7) is 0. The summed E-state index contributed by atoms with van der Waals surface area (Å²) in [6.07, 6.45) is 5.99. The van der Waals surface area contributed by atoms with E-state index in [1.807, 2.05) is 42.5 Å². The van der Waals surface area contributed by atoms with E-state index in [1.165, 1.54) is 0 Å². The quantitative estimate of drug-likeness (QED) is 0.888. The number of rotatable bonds is 2. The fourth-order valence-electron chi connectivity index (χ4n) is 2.84. The number of pyridine rings is 1. The second kappa shape index (κ2) is 5.77. The minimum atomic E-state index is 0.539. The van der Waals surface area contributed by atoms with Gasteiger partial charge in [-0.05, 0) is 48.6 Å². The zero-order valence-electron chi connectivity index (χ0n) is 13.2. The van der Waals surface area contributed by atoms with E-state index in [-0.39, 0.29) is 0 Å². The second-order valence-electron chi connectivity index (χ2n) is 5.61. The molecule has 2 heterocycles. The number of hydrogen-bond acceptors (Lipinski definition) is 5. The number of fused-ring (bicyclic) bond motifs is 2. The summed E-state index contributed by atoms with van der Waals surface area (Å²) < 4.78 is 5.22. The van der Waals surface area contributed by atoms with Crippen LogP contribution in [-0.4, -0.2) is 23.6 Å². The number of amidine groups is 1. The summed E-state index contributed by atoms with van der Waals surface area (Å²) in [5, 5.41) is 11.3. The predicted octanol–water partition coefficient (Wildman–Crippen LogP) is 3.65. The maximum atomic E-state index is 7.95. The first-order valence-corrected chi connectivity index (χ1v) is 7.69. The van der Waals surface area contributed by atoms with Crippen LogP contribution in [0.25, 0.3) is 5.57 Å². The Bertz CT molecular complexity index is 907. The number of nitrogens with zero attached hydrogens (tertiary/aromatic N) is 2. The van der Waals surface area contributed by atoms with E-state index in [1.54, 1.807) is 19.4 Å². The Morgan fingerprint density at radius 2 is 1.96 bits per heavy atom. The standard InChI is InChI=1S/C19H16N4O/c1-24-14-7-4-12(5-8-14)19-22-16-9-6-13(20)11-15(16)18-17(23-19)3-2-10-21-18/h2-10,20H,11H2,1H3,(H,22,23). The molecule has 2 aromatic rings. The van der Waals surface area contributed by atoms with Gasteiger partial charge in [0.2, 0.25) is 0 Å². The molecule has 5 heteroatoms. The molecule has 0 radical (unpaired) electrons. The van der Waals surface area contributed by atoms with Crippen molar-refractivity contribution in [3.05, 3.63) is 71.7 Å². The first-order valence-electron chi connectivity index (χ1n) is 7.69. The van der Waals surface area contributed by atoms with Crippen LogP contribution < -0.4 is 10.1 Å². The van der Waals surface area contributed by atoms with Crippen molar-refractivity contribution in [2.75, 3.05) is 12.4 Å². The predicted molar refractivity (Wildman–Crippen MR) is 95.8 cm³/mol. The van der Waals surface area contributed by atoms with Crippen LogP contribution in [-0.2, 0) is 0 Å². The molecule has 0 bridgehead atoms. The summed E-state index contributed by atoms with van der Waals surface area (Å²) in [5.74, 6) is 1.57. The molecule has 24 heavy (non-hydrogen) atoms. The van der Waals surface area contributed by atoms with Gasteiger partial charge >= 0.3 is 0 Å². The Kier molecular flexibility index (Phi) is 3.46. The third-order valence-corrected chi connectivity index (χ3v) is 4.06. The van der Waals surface area contributed by atoms with Crippen molar-refractivity contribution in [3.63, 3.8) is 0 Å². The molecule has 0 amide bonds. The average molecular weight is 316 g/mol. The molecule has 0 fully saturated rings. The Labute approximate surface area is 139 Å². The van der Waals surface area contributed by atoms with Gasteiger partial charge in [-0.3, -0.25) is 4.98 Å². The van der Waals surface area contributed by atoms with Crippen molar-refractivity contribution in [2.24, 2.45) is 4.99 Å². The topological polar surface area (TPSA) is 70.4 Å². The van der Waals surface area contributed by atoms with Crippen molar-refractivity contribution < 1.29 is 4.74 Å². The molecule has 118 valence electrons. The smallest absolute Gasteiger partial charge is 0.138 e. The fourth-order valence-corrected chi connectivity index (χ4v) is 2.84. The van der Waals surface area contributed by atoms with Gasteiger partial charge in [0.15, 0.2) is 0 Å². The van der Waals surface area contributed by atoms with Gasteiger partial charge in [-0.15, -0.1) is 0 Å². The van der Waals surface area contributed by atoms with Crippen LogP contribution in [0, 0.1) is 5.41 Å². The highest BCUT2D eigenvalue weighted by atomic mass is 16.5. The second-order valence-corrected chi connectivity index (χ2v) is 5.61. The van der Waals surface area contributed by atoms with Crippen LogP contribution in [0.5, 0.6) is 5.75 Å². The Morgan fingerprint density at radius 3 is 2.75 bits per heavy atom. The van der Waals surface area contributed by atoms with E-state index >= 15 is 0 Å². The van der Waals surface area contributed by atoms with Gasteiger partial charge in [-0.2, -0.15) is 0 Å². The van der Waals surface area contributed by atoms with Crippen molar-refractivity contribution in [3.8, 4) is 5.75 Å². The van der Waals surface area contributed by atoms with Crippen molar-refractivity contribution in [1.29, 1.82) is 5.41 Å². The summed E-state index contributed by atoms with van der Waals surface area (Å²) in [4.78, 5) is 9.30. The van der Waals surface area contributed by atoms with Crippen LogP contribution in [0.1, 0.15) is 17.7 Å². The normalized spacial score (nSPS) is 15.9. The minimum absolute atomic E-state index is 0.539. The lowest BCUT2D eigenvalue weighted by Crippen LogP contribution is -2.13. The molecule has 0 saturated carbocycles. The van der Waals surface area contributed by atoms with Crippen LogP contribution in [0.15, 0.2) is 65.4 Å². The SMILES string of the molecule is COc1ccc(C2=NC3=C(CC(=N)C=C3)c3ncccc3N2)cc1. The lowest BCUT2D eigenvalue weighted by Gasteiger charge is -2.13. The molecule has 2 aliphatic rings. The van der Waals surface area contributed by atoms with Gasteiger partial charge in [-0.1, -0.05) is 0 Å². The molecule has 0 unspecified atom stereocenters. The molecular formula is C19H16N4O. The van der Waals surface area contributed by atoms with Gasteiger partial charge in [0, 0.05) is 29.5 Å². The van der Waals surface area contributed by atoms with Gasteiger partial charge in [-0.25, -0.2) is 4.99 Å². The summed E-state index contributed by atoms with van der Waals surface area (Å²) in [6, 6.07) is 11.7. The third kappa shape index (κ3) is 2.50. The Balaban J connectivity index is 1.85. The third-order valence-electron chi connectivity index (χ3n) is 4.06. The Hall–Kier alpha value is -3.21. The van der Waals surface area contributed by atoms with Gasteiger partial charge < -0.3 is 15.5 Å².